The van der Waals surface area contributed by atoms with Gasteiger partial charge >= 0.3 is 0 Å². The summed E-state index contributed by atoms with van der Waals surface area (Å²) in [6.07, 6.45) is 5.21. The van der Waals surface area contributed by atoms with E-state index in [-0.39, 0.29) is 0 Å². The van der Waals surface area contributed by atoms with Crippen molar-refractivity contribution in [2.24, 2.45) is 0 Å². The van der Waals surface area contributed by atoms with Crippen LogP contribution in [0, 0.1) is 0 Å². The van der Waals surface area contributed by atoms with E-state index in [0.717, 1.165) is 23.4 Å². The molecule has 1 fully saturated rings. The van der Waals surface area contributed by atoms with Crippen molar-refractivity contribution in [3.05, 3.63) is 22.7 Å². The van der Waals surface area contributed by atoms with Crippen LogP contribution in [0.1, 0.15) is 37.2 Å². The first-order valence-electron chi connectivity index (χ1n) is 5.52. The van der Waals surface area contributed by atoms with Crippen LogP contribution in [0.4, 0.5) is 5.69 Å². The zero-order valence-corrected chi connectivity index (χ0v) is 9.26. The van der Waals surface area contributed by atoms with Gasteiger partial charge in [-0.15, -0.1) is 0 Å². The topological polar surface area (TPSA) is 35.2 Å². The molecule has 1 aliphatic carbocycles. The number of rotatable bonds is 0. The molecule has 1 saturated carbocycles. The Balaban J connectivity index is 2.09. The summed E-state index contributed by atoms with van der Waals surface area (Å²) in [5.74, 6) is 1.43. The maximum Gasteiger partial charge on any atom is 0.125 e. The van der Waals surface area contributed by atoms with Crippen molar-refractivity contribution in [3.8, 4) is 5.75 Å². The van der Waals surface area contributed by atoms with Crippen molar-refractivity contribution >= 4 is 17.3 Å². The predicted octanol–water partition coefficient (Wildman–Crippen LogP) is 3.34. The van der Waals surface area contributed by atoms with Crippen LogP contribution in [0.5, 0.6) is 5.75 Å². The van der Waals surface area contributed by atoms with Gasteiger partial charge in [-0.2, -0.15) is 0 Å². The number of nitrogens with two attached hydrogens (primary N) is 1. The van der Waals surface area contributed by atoms with Crippen LogP contribution in [0.3, 0.4) is 0 Å². The fraction of sp³-hybridized carbons (Fsp3) is 0.500. The van der Waals surface area contributed by atoms with Crippen LogP contribution in [-0.4, -0.2) is 6.10 Å². The summed E-state index contributed by atoms with van der Waals surface area (Å²) >= 11 is 6.04. The molecule has 0 aromatic heterocycles. The number of benzene rings is 1. The molecule has 2 N–H and O–H groups in total. The first-order chi connectivity index (χ1) is 7.27. The molecule has 80 valence electrons. The molecule has 2 nitrogen and oxygen atoms in total. The Morgan fingerprint density at radius 1 is 1.27 bits per heavy atom. The van der Waals surface area contributed by atoms with Gasteiger partial charge in [0, 0.05) is 11.5 Å². The molecule has 0 radical (unpaired) electrons. The summed E-state index contributed by atoms with van der Waals surface area (Å²) in [5.41, 5.74) is 7.91. The third-order valence-electron chi connectivity index (χ3n) is 3.55. The second-order valence-electron chi connectivity index (χ2n) is 4.42. The van der Waals surface area contributed by atoms with E-state index in [4.69, 9.17) is 22.1 Å². The molecule has 2 unspecified atom stereocenters. The summed E-state index contributed by atoms with van der Waals surface area (Å²) < 4.78 is 5.91. The van der Waals surface area contributed by atoms with Crippen molar-refractivity contribution in [2.75, 3.05) is 5.73 Å². The third-order valence-corrected chi connectivity index (χ3v) is 3.88. The molecule has 0 spiro atoms. The van der Waals surface area contributed by atoms with E-state index >= 15 is 0 Å². The molecule has 1 aromatic rings. The minimum Gasteiger partial charge on any atom is -0.489 e. The lowest BCUT2D eigenvalue weighted by molar-refractivity contribution is 0.164. The van der Waals surface area contributed by atoms with Crippen LogP contribution >= 0.6 is 11.6 Å². The van der Waals surface area contributed by atoms with E-state index in [1.54, 1.807) is 0 Å². The monoisotopic (exact) mass is 223 g/mol. The zero-order valence-electron chi connectivity index (χ0n) is 8.50. The van der Waals surface area contributed by atoms with Gasteiger partial charge < -0.3 is 10.5 Å². The van der Waals surface area contributed by atoms with E-state index in [0.29, 0.717) is 17.0 Å². The molecule has 2 aliphatic rings. The van der Waals surface area contributed by atoms with Crippen LogP contribution in [0.25, 0.3) is 0 Å². The van der Waals surface area contributed by atoms with Gasteiger partial charge in [-0.25, -0.2) is 0 Å². The summed E-state index contributed by atoms with van der Waals surface area (Å²) in [5, 5.41) is 0.656. The van der Waals surface area contributed by atoms with Crippen LogP contribution in [0.15, 0.2) is 12.1 Å². The van der Waals surface area contributed by atoms with Crippen molar-refractivity contribution in [2.45, 2.75) is 37.7 Å². The standard InChI is InChI=1S/C12H14ClNO/c13-8-5-6-10-11(12(8)14)7-3-1-2-4-9(7)15-10/h5-7,9H,1-4,14H2. The Hall–Kier alpha value is -0.890. The fourth-order valence-electron chi connectivity index (χ4n) is 2.81. The molecule has 15 heavy (non-hydrogen) atoms. The minimum absolute atomic E-state index is 0.342. The second-order valence-corrected chi connectivity index (χ2v) is 4.83. The first-order valence-corrected chi connectivity index (χ1v) is 5.89. The van der Waals surface area contributed by atoms with E-state index < -0.39 is 0 Å². The molecule has 0 amide bonds. The number of ether oxygens (including phenoxy) is 1. The zero-order chi connectivity index (χ0) is 10.4. The SMILES string of the molecule is Nc1c(Cl)ccc2c1C1CCCCC1O2. The first kappa shape index (κ1) is 9.34. The summed E-state index contributed by atoms with van der Waals surface area (Å²) in [6, 6.07) is 3.78. The van der Waals surface area contributed by atoms with Gasteiger partial charge in [0.1, 0.15) is 11.9 Å². The Kier molecular flexibility index (Phi) is 2.06. The smallest absolute Gasteiger partial charge is 0.125 e. The van der Waals surface area contributed by atoms with Gasteiger partial charge in [-0.1, -0.05) is 18.0 Å². The van der Waals surface area contributed by atoms with E-state index in [1.807, 2.05) is 12.1 Å². The summed E-state index contributed by atoms with van der Waals surface area (Å²) in [4.78, 5) is 0. The van der Waals surface area contributed by atoms with Gasteiger partial charge in [-0.05, 0) is 31.4 Å². The highest BCUT2D eigenvalue weighted by Gasteiger charge is 2.37. The quantitative estimate of drug-likeness (QED) is 0.685. The molecule has 3 heteroatoms. The Morgan fingerprint density at radius 3 is 2.93 bits per heavy atom. The third kappa shape index (κ3) is 1.31. The number of halogens is 1. The van der Waals surface area contributed by atoms with E-state index in [1.165, 1.54) is 19.3 Å². The van der Waals surface area contributed by atoms with Gasteiger partial charge in [0.15, 0.2) is 0 Å². The van der Waals surface area contributed by atoms with Crippen LogP contribution in [0.2, 0.25) is 5.02 Å². The molecule has 1 aromatic carbocycles. The van der Waals surface area contributed by atoms with Crippen LogP contribution in [-0.2, 0) is 0 Å². The minimum atomic E-state index is 0.342. The molecule has 3 rings (SSSR count). The highest BCUT2D eigenvalue weighted by Crippen LogP contribution is 2.49. The fourth-order valence-corrected chi connectivity index (χ4v) is 2.97. The van der Waals surface area contributed by atoms with Crippen molar-refractivity contribution < 1.29 is 4.74 Å². The average molecular weight is 224 g/mol. The largest absolute Gasteiger partial charge is 0.489 e. The lowest BCUT2D eigenvalue weighted by atomic mass is 9.83. The maximum absolute atomic E-state index is 6.04. The Bertz CT molecular complexity index is 405. The molecule has 1 heterocycles. The molecule has 0 bridgehead atoms. The lowest BCUT2D eigenvalue weighted by Crippen LogP contribution is -2.22. The number of hydrogen-bond donors (Lipinski definition) is 1. The molecular formula is C12H14ClNO. The van der Waals surface area contributed by atoms with E-state index in [2.05, 4.69) is 0 Å². The number of nitrogen functional groups attached to an aromatic ring is 1. The van der Waals surface area contributed by atoms with E-state index in [9.17, 15) is 0 Å². The predicted molar refractivity (Wildman–Crippen MR) is 61.5 cm³/mol. The van der Waals surface area contributed by atoms with Crippen molar-refractivity contribution in [1.82, 2.24) is 0 Å². The Morgan fingerprint density at radius 2 is 2.07 bits per heavy atom. The summed E-state index contributed by atoms with van der Waals surface area (Å²) in [7, 11) is 0. The maximum atomic E-state index is 6.04. The van der Waals surface area contributed by atoms with Crippen molar-refractivity contribution in [1.29, 1.82) is 0 Å². The van der Waals surface area contributed by atoms with Gasteiger partial charge in [-0.3, -0.25) is 0 Å². The number of hydrogen-bond acceptors (Lipinski definition) is 2. The molecule has 2 atom stereocenters. The highest BCUT2D eigenvalue weighted by molar-refractivity contribution is 6.33. The summed E-state index contributed by atoms with van der Waals surface area (Å²) in [6.45, 7) is 0. The number of fused-ring (bicyclic) bond motifs is 3. The average Bonchev–Trinajstić information content (AvgIpc) is 2.62. The second kappa shape index (κ2) is 3.31. The lowest BCUT2D eigenvalue weighted by Gasteiger charge is -2.24. The van der Waals surface area contributed by atoms with Crippen LogP contribution < -0.4 is 10.5 Å². The molecule has 1 aliphatic heterocycles. The van der Waals surface area contributed by atoms with Gasteiger partial charge in [0.05, 0.1) is 10.7 Å². The van der Waals surface area contributed by atoms with Gasteiger partial charge in [0.25, 0.3) is 0 Å². The highest BCUT2D eigenvalue weighted by atomic mass is 35.5. The van der Waals surface area contributed by atoms with Crippen molar-refractivity contribution in [3.63, 3.8) is 0 Å². The molecular weight excluding hydrogens is 210 g/mol. The number of anilines is 1. The van der Waals surface area contributed by atoms with Gasteiger partial charge in [0.2, 0.25) is 0 Å². The molecule has 0 saturated heterocycles. The Labute approximate surface area is 94.4 Å². The normalized spacial score (nSPS) is 28.1.